The summed E-state index contributed by atoms with van der Waals surface area (Å²) in [4.78, 5) is 13.0. The average Bonchev–Trinajstić information content (AvgIpc) is 2.70. The summed E-state index contributed by atoms with van der Waals surface area (Å²) in [5.41, 5.74) is -0.891. The van der Waals surface area contributed by atoms with Crippen molar-refractivity contribution in [2.45, 2.75) is 57.4 Å². The number of hydrogen-bond donors (Lipinski definition) is 2. The molecule has 1 fully saturated rings. The van der Waals surface area contributed by atoms with Crippen LogP contribution in [0, 0.1) is 17.8 Å². The molecule has 0 spiro atoms. The van der Waals surface area contributed by atoms with Gasteiger partial charge >= 0.3 is 0 Å². The van der Waals surface area contributed by atoms with E-state index in [-0.39, 0.29) is 43.5 Å². The zero-order valence-electron chi connectivity index (χ0n) is 19.4. The van der Waals surface area contributed by atoms with E-state index in [2.05, 4.69) is 17.2 Å². The van der Waals surface area contributed by atoms with Crippen molar-refractivity contribution in [3.63, 3.8) is 0 Å². The number of carbonyl (C=O) groups is 1. The zero-order chi connectivity index (χ0) is 21.5. The molecule has 1 aromatic rings. The number of ketones is 1. The summed E-state index contributed by atoms with van der Waals surface area (Å²) in [5, 5.41) is 13.7. The Morgan fingerprint density at radius 1 is 1.32 bits per heavy atom. The van der Waals surface area contributed by atoms with Crippen LogP contribution in [-0.4, -0.2) is 23.9 Å². The third-order valence-electron chi connectivity index (χ3n) is 4.70. The predicted molar refractivity (Wildman–Crippen MR) is 105 cm³/mol. The van der Waals surface area contributed by atoms with Crippen molar-refractivity contribution in [3.8, 4) is 11.8 Å². The molecule has 1 aliphatic carbocycles. The van der Waals surface area contributed by atoms with Gasteiger partial charge in [0.1, 0.15) is 0 Å². The monoisotopic (exact) mass is 368 g/mol. The molecule has 2 N–H and O–H groups in total. The highest BCUT2D eigenvalue weighted by atomic mass is 35.5. The van der Waals surface area contributed by atoms with Crippen molar-refractivity contribution in [2.75, 3.05) is 13.0 Å². The molecule has 1 unspecified atom stereocenters. The van der Waals surface area contributed by atoms with Crippen molar-refractivity contribution >= 4 is 18.2 Å². The highest BCUT2D eigenvalue weighted by Crippen LogP contribution is 2.40. The topological polar surface area (TPSA) is 49.3 Å². The van der Waals surface area contributed by atoms with Crippen LogP contribution < -0.4 is 5.32 Å². The molecule has 1 aromatic carbocycles. The Labute approximate surface area is 165 Å². The SMILES string of the molecule is Cl.[2H]C([2H])([2H])C([2H])([2H])NCC#CCCC(=O)C(O)(c1ccccc1)C1CCCCC1. The maximum absolute atomic E-state index is 13.0. The smallest absolute Gasteiger partial charge is 0.170 e. The number of halogens is 1. The lowest BCUT2D eigenvalue weighted by Gasteiger charge is -2.37. The van der Waals surface area contributed by atoms with Gasteiger partial charge in [-0.25, -0.2) is 0 Å². The molecular formula is C21H30ClNO2. The molecule has 0 bridgehead atoms. The Hall–Kier alpha value is -1.34. The van der Waals surface area contributed by atoms with E-state index in [1.165, 1.54) is 0 Å². The van der Waals surface area contributed by atoms with Crippen molar-refractivity contribution in [1.29, 1.82) is 0 Å². The van der Waals surface area contributed by atoms with Gasteiger partial charge in [0.05, 0.1) is 6.54 Å². The first-order valence-corrected chi connectivity index (χ1v) is 8.61. The molecular weight excluding hydrogens is 334 g/mol. The maximum Gasteiger partial charge on any atom is 0.170 e. The van der Waals surface area contributed by atoms with Crippen LogP contribution in [-0.2, 0) is 10.4 Å². The third kappa shape index (κ3) is 5.85. The Morgan fingerprint density at radius 3 is 2.72 bits per heavy atom. The molecule has 25 heavy (non-hydrogen) atoms. The van der Waals surface area contributed by atoms with Crippen LogP contribution in [0.15, 0.2) is 30.3 Å². The molecule has 1 atom stereocenters. The molecule has 1 aliphatic rings. The number of carbonyl (C=O) groups excluding carboxylic acids is 1. The lowest BCUT2D eigenvalue weighted by atomic mass is 9.70. The number of hydrogen-bond acceptors (Lipinski definition) is 3. The van der Waals surface area contributed by atoms with Gasteiger partial charge in [-0.15, -0.1) is 18.3 Å². The summed E-state index contributed by atoms with van der Waals surface area (Å²) in [6, 6.07) is 9.07. The molecule has 138 valence electrons. The minimum absolute atomic E-state index is 0. The summed E-state index contributed by atoms with van der Waals surface area (Å²) in [7, 11) is 0. The van der Waals surface area contributed by atoms with E-state index < -0.39 is 18.9 Å². The summed E-state index contributed by atoms with van der Waals surface area (Å²) >= 11 is 0. The molecule has 0 amide bonds. The van der Waals surface area contributed by atoms with E-state index in [4.69, 9.17) is 6.85 Å². The highest BCUT2D eigenvalue weighted by Gasteiger charge is 2.44. The van der Waals surface area contributed by atoms with Crippen molar-refractivity contribution in [2.24, 2.45) is 5.92 Å². The van der Waals surface area contributed by atoms with E-state index in [1.54, 1.807) is 12.1 Å². The number of aliphatic hydroxyl groups is 1. The second kappa shape index (κ2) is 11.3. The van der Waals surface area contributed by atoms with E-state index in [9.17, 15) is 9.90 Å². The van der Waals surface area contributed by atoms with Gasteiger partial charge < -0.3 is 10.4 Å². The van der Waals surface area contributed by atoms with Gasteiger partial charge in [0, 0.05) is 19.7 Å². The van der Waals surface area contributed by atoms with E-state index in [0.29, 0.717) is 5.56 Å². The van der Waals surface area contributed by atoms with Crippen LogP contribution in [0.25, 0.3) is 0 Å². The molecule has 3 nitrogen and oxygen atoms in total. The predicted octanol–water partition coefficient (Wildman–Crippen LogP) is 3.84. The molecule has 0 heterocycles. The Kier molecular flexibility index (Phi) is 6.69. The van der Waals surface area contributed by atoms with Gasteiger partial charge in [0.15, 0.2) is 11.4 Å². The van der Waals surface area contributed by atoms with Crippen LogP contribution in [0.4, 0.5) is 0 Å². The van der Waals surface area contributed by atoms with Gasteiger partial charge in [-0.05, 0) is 30.8 Å². The molecule has 1 saturated carbocycles. The fourth-order valence-electron chi connectivity index (χ4n) is 3.44. The van der Waals surface area contributed by atoms with Crippen LogP contribution in [0.1, 0.15) is 64.2 Å². The fourth-order valence-corrected chi connectivity index (χ4v) is 3.44. The van der Waals surface area contributed by atoms with Gasteiger partial charge in [-0.1, -0.05) is 62.4 Å². The minimum atomic E-state index is -2.78. The normalized spacial score (nSPS) is 20.9. The number of benzene rings is 1. The number of Topliss-reactive ketones (excluding diaryl/α,β-unsaturated/α-hetero) is 1. The van der Waals surface area contributed by atoms with Crippen molar-refractivity contribution in [1.82, 2.24) is 5.32 Å². The van der Waals surface area contributed by atoms with Crippen LogP contribution >= 0.6 is 12.4 Å². The maximum atomic E-state index is 13.0. The molecule has 0 radical (unpaired) electrons. The summed E-state index contributed by atoms with van der Waals surface area (Å²) in [5.74, 6) is 5.07. The number of nitrogens with one attached hydrogen (secondary N) is 1. The molecule has 4 heteroatoms. The first-order valence-electron chi connectivity index (χ1n) is 11.1. The van der Waals surface area contributed by atoms with Gasteiger partial charge in [-0.3, -0.25) is 4.79 Å². The molecule has 0 aromatic heterocycles. The Bertz CT molecular complexity index is 739. The van der Waals surface area contributed by atoms with Gasteiger partial charge in [-0.2, -0.15) is 0 Å². The minimum Gasteiger partial charge on any atom is -0.377 e. The number of rotatable bonds is 7. The second-order valence-electron chi connectivity index (χ2n) is 6.22. The largest absolute Gasteiger partial charge is 0.377 e. The lowest BCUT2D eigenvalue weighted by molar-refractivity contribution is -0.146. The summed E-state index contributed by atoms with van der Waals surface area (Å²) < 4.78 is 36.3. The molecule has 0 saturated heterocycles. The third-order valence-corrected chi connectivity index (χ3v) is 4.70. The first kappa shape index (κ1) is 14.8. The second-order valence-corrected chi connectivity index (χ2v) is 6.22. The van der Waals surface area contributed by atoms with Crippen molar-refractivity contribution < 1.29 is 16.8 Å². The van der Waals surface area contributed by atoms with Crippen LogP contribution in [0.3, 0.4) is 0 Å². The van der Waals surface area contributed by atoms with Crippen molar-refractivity contribution in [3.05, 3.63) is 35.9 Å². The standard InChI is InChI=1S/C21H29NO2.ClH/c1-2-22-17-11-5-10-16-20(23)21(24,18-12-6-3-7-13-18)19-14-8-4-9-15-19;/h3,6-7,12-13,19,22,24H,2,4,8-10,14-17H2,1H3;1H/i1D3,2D2;. The van der Waals surface area contributed by atoms with E-state index >= 15 is 0 Å². The fraction of sp³-hybridized carbons (Fsp3) is 0.571. The zero-order valence-corrected chi connectivity index (χ0v) is 15.2. The van der Waals surface area contributed by atoms with Gasteiger partial charge in [0.2, 0.25) is 0 Å². The highest BCUT2D eigenvalue weighted by molar-refractivity contribution is 5.89. The van der Waals surface area contributed by atoms with Crippen LogP contribution in [0.2, 0.25) is 0 Å². The van der Waals surface area contributed by atoms with Crippen LogP contribution in [0.5, 0.6) is 0 Å². The summed E-state index contributed by atoms with van der Waals surface area (Å²) in [6.45, 7) is -5.44. The van der Waals surface area contributed by atoms with Gasteiger partial charge in [0.25, 0.3) is 0 Å². The van der Waals surface area contributed by atoms with E-state index in [1.807, 2.05) is 18.2 Å². The molecule has 0 aliphatic heterocycles. The summed E-state index contributed by atoms with van der Waals surface area (Å²) in [6.07, 6.45) is 5.07. The first-order chi connectivity index (χ1) is 13.6. The Morgan fingerprint density at radius 2 is 2.04 bits per heavy atom. The Balaban J connectivity index is 0.00000450. The lowest BCUT2D eigenvalue weighted by Crippen LogP contribution is -2.44. The average molecular weight is 369 g/mol. The van der Waals surface area contributed by atoms with E-state index in [0.717, 1.165) is 32.1 Å². The molecule has 2 rings (SSSR count). The quantitative estimate of drug-likeness (QED) is 0.719.